The van der Waals surface area contributed by atoms with Gasteiger partial charge in [-0.05, 0) is 26.2 Å². The minimum absolute atomic E-state index is 0.0715. The van der Waals surface area contributed by atoms with Crippen LogP contribution >= 0.6 is 0 Å². The molecule has 0 radical (unpaired) electrons. The van der Waals surface area contributed by atoms with Gasteiger partial charge in [-0.3, -0.25) is 4.79 Å². The molecule has 4 heteroatoms. The first-order valence-corrected chi connectivity index (χ1v) is 5.42. The fraction of sp³-hybridized carbons (Fsp3) is 0.909. The molecule has 1 heterocycles. The van der Waals surface area contributed by atoms with E-state index in [0.717, 1.165) is 26.1 Å². The van der Waals surface area contributed by atoms with Crippen molar-refractivity contribution < 1.29 is 14.6 Å². The Bertz CT molecular complexity index is 222. The summed E-state index contributed by atoms with van der Waals surface area (Å²) in [4.78, 5) is 12.7. The highest BCUT2D eigenvalue weighted by Gasteiger charge is 2.29. The van der Waals surface area contributed by atoms with Gasteiger partial charge in [0.15, 0.2) is 0 Å². The number of hydrogen-bond acceptors (Lipinski definition) is 3. The molecule has 0 spiro atoms. The molecular weight excluding hydrogens is 194 g/mol. The van der Waals surface area contributed by atoms with Gasteiger partial charge >= 0.3 is 5.97 Å². The van der Waals surface area contributed by atoms with E-state index in [2.05, 4.69) is 18.7 Å². The van der Waals surface area contributed by atoms with Gasteiger partial charge in [0.25, 0.3) is 0 Å². The van der Waals surface area contributed by atoms with Crippen molar-refractivity contribution in [1.29, 1.82) is 0 Å². The molecule has 1 rings (SSSR count). The Hall–Kier alpha value is -0.610. The number of carboxylic acid groups (broad SMARTS) is 1. The molecule has 15 heavy (non-hydrogen) atoms. The van der Waals surface area contributed by atoms with E-state index in [4.69, 9.17) is 9.84 Å². The Morgan fingerprint density at radius 1 is 1.53 bits per heavy atom. The van der Waals surface area contributed by atoms with Crippen molar-refractivity contribution in [1.82, 2.24) is 4.90 Å². The van der Waals surface area contributed by atoms with Crippen molar-refractivity contribution in [2.75, 3.05) is 26.7 Å². The van der Waals surface area contributed by atoms with E-state index in [1.165, 1.54) is 0 Å². The standard InChI is InChI=1S/C11H21NO3/c1-11(2,15-3)4-5-12-7-9(8-12)6-10(13)14/h9H,4-8H2,1-3H3,(H,13,14). The van der Waals surface area contributed by atoms with Crippen LogP contribution in [-0.4, -0.2) is 48.3 Å². The van der Waals surface area contributed by atoms with Gasteiger partial charge in [0.1, 0.15) is 0 Å². The zero-order valence-electron chi connectivity index (χ0n) is 9.82. The minimum atomic E-state index is -0.683. The SMILES string of the molecule is COC(C)(C)CCN1CC(CC(=O)O)C1. The number of likely N-dealkylation sites (tertiary alicyclic amines) is 1. The zero-order valence-corrected chi connectivity index (χ0v) is 9.82. The number of methoxy groups -OCH3 is 1. The first-order valence-electron chi connectivity index (χ1n) is 5.42. The summed E-state index contributed by atoms with van der Waals surface area (Å²) < 4.78 is 5.33. The topological polar surface area (TPSA) is 49.8 Å². The molecular formula is C11H21NO3. The molecule has 0 saturated carbocycles. The zero-order chi connectivity index (χ0) is 11.5. The number of carboxylic acids is 1. The molecule has 1 fully saturated rings. The summed E-state index contributed by atoms with van der Waals surface area (Å²) in [5.74, 6) is -0.329. The second-order valence-electron chi connectivity index (χ2n) is 4.94. The summed E-state index contributed by atoms with van der Waals surface area (Å²) in [5.41, 5.74) is -0.0715. The molecule has 0 aromatic carbocycles. The molecule has 1 saturated heterocycles. The van der Waals surface area contributed by atoms with Gasteiger partial charge in [-0.2, -0.15) is 0 Å². The summed E-state index contributed by atoms with van der Waals surface area (Å²) in [6.45, 7) is 6.98. The van der Waals surface area contributed by atoms with E-state index in [0.29, 0.717) is 12.3 Å². The van der Waals surface area contributed by atoms with Crippen LogP contribution < -0.4 is 0 Å². The number of rotatable bonds is 6. The van der Waals surface area contributed by atoms with Crippen LogP contribution in [0.3, 0.4) is 0 Å². The molecule has 0 atom stereocenters. The maximum Gasteiger partial charge on any atom is 0.303 e. The van der Waals surface area contributed by atoms with Crippen molar-refractivity contribution in [3.05, 3.63) is 0 Å². The van der Waals surface area contributed by atoms with Crippen molar-refractivity contribution in [2.45, 2.75) is 32.3 Å². The average molecular weight is 215 g/mol. The summed E-state index contributed by atoms with van der Waals surface area (Å²) in [5, 5.41) is 8.59. The predicted molar refractivity (Wildman–Crippen MR) is 57.9 cm³/mol. The molecule has 4 nitrogen and oxygen atoms in total. The third kappa shape index (κ3) is 4.18. The molecule has 1 N–H and O–H groups in total. The first kappa shape index (κ1) is 12.5. The van der Waals surface area contributed by atoms with Crippen LogP contribution in [0.15, 0.2) is 0 Å². The van der Waals surface area contributed by atoms with Crippen molar-refractivity contribution in [2.24, 2.45) is 5.92 Å². The summed E-state index contributed by atoms with van der Waals surface area (Å²) in [7, 11) is 1.73. The van der Waals surface area contributed by atoms with E-state index in [1.54, 1.807) is 7.11 Å². The first-order chi connectivity index (χ1) is 6.93. The van der Waals surface area contributed by atoms with Crippen LogP contribution in [-0.2, 0) is 9.53 Å². The fourth-order valence-electron chi connectivity index (χ4n) is 1.76. The van der Waals surface area contributed by atoms with Crippen LogP contribution in [0.1, 0.15) is 26.7 Å². The molecule has 0 bridgehead atoms. The number of nitrogens with zero attached hydrogens (tertiary/aromatic N) is 1. The Labute approximate surface area is 91.2 Å². The number of ether oxygens (including phenoxy) is 1. The molecule has 0 amide bonds. The number of hydrogen-bond donors (Lipinski definition) is 1. The smallest absolute Gasteiger partial charge is 0.303 e. The summed E-state index contributed by atoms with van der Waals surface area (Å²) in [6.07, 6.45) is 1.30. The Balaban J connectivity index is 2.10. The third-order valence-corrected chi connectivity index (χ3v) is 3.08. The van der Waals surface area contributed by atoms with Crippen LogP contribution in [0.25, 0.3) is 0 Å². The van der Waals surface area contributed by atoms with Crippen molar-refractivity contribution in [3.63, 3.8) is 0 Å². The molecule has 1 aliphatic heterocycles. The highest BCUT2D eigenvalue weighted by atomic mass is 16.5. The Morgan fingerprint density at radius 3 is 2.60 bits per heavy atom. The second-order valence-corrected chi connectivity index (χ2v) is 4.94. The largest absolute Gasteiger partial charge is 0.481 e. The van der Waals surface area contributed by atoms with Gasteiger partial charge in [0.2, 0.25) is 0 Å². The van der Waals surface area contributed by atoms with Gasteiger partial charge < -0.3 is 14.7 Å². The minimum Gasteiger partial charge on any atom is -0.481 e. The van der Waals surface area contributed by atoms with E-state index >= 15 is 0 Å². The van der Waals surface area contributed by atoms with Crippen molar-refractivity contribution >= 4 is 5.97 Å². The highest BCUT2D eigenvalue weighted by Crippen LogP contribution is 2.21. The summed E-state index contributed by atoms with van der Waals surface area (Å²) >= 11 is 0. The lowest BCUT2D eigenvalue weighted by Crippen LogP contribution is -2.48. The lowest BCUT2D eigenvalue weighted by atomic mass is 9.95. The monoisotopic (exact) mass is 215 g/mol. The maximum absolute atomic E-state index is 10.4. The second kappa shape index (κ2) is 4.94. The van der Waals surface area contributed by atoms with Crippen molar-refractivity contribution in [3.8, 4) is 0 Å². The molecule has 88 valence electrons. The molecule has 1 aliphatic rings. The highest BCUT2D eigenvalue weighted by molar-refractivity contribution is 5.67. The van der Waals surface area contributed by atoms with Crippen LogP contribution in [0, 0.1) is 5.92 Å². The quantitative estimate of drug-likeness (QED) is 0.723. The molecule has 0 aromatic rings. The van der Waals surface area contributed by atoms with Gasteiger partial charge in [-0.25, -0.2) is 0 Å². The maximum atomic E-state index is 10.4. The third-order valence-electron chi connectivity index (χ3n) is 3.08. The van der Waals surface area contributed by atoms with E-state index in [1.807, 2.05) is 0 Å². The van der Waals surface area contributed by atoms with Gasteiger partial charge in [0.05, 0.1) is 12.0 Å². The predicted octanol–water partition coefficient (Wildman–Crippen LogP) is 1.21. The van der Waals surface area contributed by atoms with Gasteiger partial charge in [0, 0.05) is 26.7 Å². The Morgan fingerprint density at radius 2 is 2.13 bits per heavy atom. The molecule has 0 unspecified atom stereocenters. The normalized spacial score (nSPS) is 18.9. The van der Waals surface area contributed by atoms with E-state index < -0.39 is 5.97 Å². The molecule has 0 aliphatic carbocycles. The van der Waals surface area contributed by atoms with Crippen LogP contribution in [0.4, 0.5) is 0 Å². The lowest BCUT2D eigenvalue weighted by molar-refractivity contribution is -0.139. The van der Waals surface area contributed by atoms with Crippen LogP contribution in [0.2, 0.25) is 0 Å². The van der Waals surface area contributed by atoms with E-state index in [9.17, 15) is 4.79 Å². The number of aliphatic carboxylic acids is 1. The van der Waals surface area contributed by atoms with E-state index in [-0.39, 0.29) is 5.60 Å². The molecule has 0 aromatic heterocycles. The van der Waals surface area contributed by atoms with Gasteiger partial charge in [-0.1, -0.05) is 0 Å². The average Bonchev–Trinajstić information content (AvgIpc) is 2.08. The Kier molecular flexibility index (Phi) is 4.11. The number of carbonyl (C=O) groups is 1. The summed E-state index contributed by atoms with van der Waals surface area (Å²) in [6, 6.07) is 0. The lowest BCUT2D eigenvalue weighted by Gasteiger charge is -2.40. The van der Waals surface area contributed by atoms with Crippen LogP contribution in [0.5, 0.6) is 0 Å². The van der Waals surface area contributed by atoms with Gasteiger partial charge in [-0.15, -0.1) is 0 Å². The fourth-order valence-corrected chi connectivity index (χ4v) is 1.76.